The van der Waals surface area contributed by atoms with Gasteiger partial charge < -0.3 is 50.0 Å². The number of amides is 2. The largest absolute Gasteiger partial charge is 0.506 e. The van der Waals surface area contributed by atoms with Crippen LogP contribution in [0.3, 0.4) is 0 Å². The van der Waals surface area contributed by atoms with Gasteiger partial charge in [0.1, 0.15) is 17.2 Å². The van der Waals surface area contributed by atoms with E-state index >= 15 is 0 Å². The molecule has 0 spiro atoms. The molecule has 15 heteroatoms. The van der Waals surface area contributed by atoms with Crippen molar-refractivity contribution in [1.29, 1.82) is 0 Å². The minimum absolute atomic E-state index is 0.0827. The highest BCUT2D eigenvalue weighted by Crippen LogP contribution is 2.34. The van der Waals surface area contributed by atoms with E-state index in [-0.39, 0.29) is 65.8 Å². The van der Waals surface area contributed by atoms with Crippen LogP contribution in [-0.2, 0) is 33.0 Å². The van der Waals surface area contributed by atoms with Gasteiger partial charge in [-0.1, -0.05) is 84.9 Å². The first-order chi connectivity index (χ1) is 34.0. The van der Waals surface area contributed by atoms with Crippen LogP contribution in [0.2, 0.25) is 0 Å². The zero-order chi connectivity index (χ0) is 49.0. The van der Waals surface area contributed by atoms with Gasteiger partial charge in [0.25, 0.3) is 11.8 Å². The van der Waals surface area contributed by atoms with Gasteiger partial charge in [-0.15, -0.1) is 0 Å². The number of phenols is 1. The SMILES string of the molecule is COc1cc(C(=O)NCC2CCN(C(=O)COc3cccc([C@](O)(C(=O)OCC4CCN(Cc5ccccc5)CC4)c4ccccc4)c3)CC2)ccc1CNC[C@H](O)c1ccc(O)c2[nH]c(=O)ccc12. The number of benzene rings is 5. The second-order valence-corrected chi connectivity index (χ2v) is 18.2. The molecule has 2 saturated heterocycles. The van der Waals surface area contributed by atoms with Gasteiger partial charge in [-0.2, -0.15) is 0 Å². The molecule has 2 fully saturated rings. The topological polar surface area (TPSA) is 203 Å². The quantitative estimate of drug-likeness (QED) is 0.0534. The normalized spacial score (nSPS) is 16.0. The number of aliphatic hydroxyl groups is 2. The summed E-state index contributed by atoms with van der Waals surface area (Å²) in [5.41, 5.74) is 1.48. The Morgan fingerprint density at radius 3 is 2.27 bits per heavy atom. The van der Waals surface area contributed by atoms with E-state index in [1.807, 2.05) is 24.3 Å². The summed E-state index contributed by atoms with van der Waals surface area (Å²) >= 11 is 0. The molecule has 6 aromatic rings. The number of pyridine rings is 1. The molecule has 0 radical (unpaired) electrons. The van der Waals surface area contributed by atoms with Gasteiger partial charge in [0.2, 0.25) is 11.2 Å². The molecule has 2 amide bonds. The minimum atomic E-state index is -2.10. The maximum Gasteiger partial charge on any atom is 0.347 e. The second-order valence-electron chi connectivity index (χ2n) is 18.2. The standard InChI is InChI=1S/C55H61N5O10/c1-68-49-29-40(15-16-41(49)32-56-33-48(62)45-17-19-47(61)52-46(45)18-20-50(63)58-52)53(65)57-31-37-23-27-60(28-24-37)51(64)36-69-44-14-8-13-43(30-44)55(67,42-11-6-3-7-12-42)54(66)70-35-39-21-25-59(26-22-39)34-38-9-4-2-5-10-38/h2-20,29-30,37,39,48,56,61-62,67H,21-28,31-36H2,1H3,(H,57,65)(H,58,63)/t48-,55-/m0/s1. The monoisotopic (exact) mass is 951 g/mol. The number of hydrogen-bond donors (Lipinski definition) is 6. The molecule has 0 bridgehead atoms. The summed E-state index contributed by atoms with van der Waals surface area (Å²) in [6.45, 7) is 4.61. The van der Waals surface area contributed by atoms with Crippen LogP contribution in [-0.4, -0.2) is 107 Å². The van der Waals surface area contributed by atoms with Crippen molar-refractivity contribution in [2.45, 2.75) is 50.5 Å². The molecule has 366 valence electrons. The molecule has 0 unspecified atom stereocenters. The number of aromatic amines is 1. The van der Waals surface area contributed by atoms with Crippen molar-refractivity contribution >= 4 is 28.7 Å². The Labute approximate surface area is 407 Å². The smallest absolute Gasteiger partial charge is 0.347 e. The van der Waals surface area contributed by atoms with Crippen molar-refractivity contribution in [2.75, 3.05) is 59.6 Å². The first-order valence-electron chi connectivity index (χ1n) is 23.9. The van der Waals surface area contributed by atoms with Crippen LogP contribution in [0.1, 0.15) is 70.0 Å². The summed E-state index contributed by atoms with van der Waals surface area (Å²) in [5, 5.41) is 40.1. The third-order valence-corrected chi connectivity index (χ3v) is 13.5. The van der Waals surface area contributed by atoms with Gasteiger partial charge in [0, 0.05) is 67.4 Å². The number of phenolic OH excluding ortho intramolecular Hbond substituents is 1. The van der Waals surface area contributed by atoms with Crippen molar-refractivity contribution < 1.29 is 43.9 Å². The van der Waals surface area contributed by atoms with E-state index in [0.29, 0.717) is 72.6 Å². The number of rotatable bonds is 19. The highest BCUT2D eigenvalue weighted by atomic mass is 16.6. The van der Waals surface area contributed by atoms with Crippen LogP contribution >= 0.6 is 0 Å². The predicted octanol–water partition coefficient (Wildman–Crippen LogP) is 5.80. The van der Waals surface area contributed by atoms with Gasteiger partial charge in [-0.3, -0.25) is 19.3 Å². The predicted molar refractivity (Wildman–Crippen MR) is 264 cm³/mol. The van der Waals surface area contributed by atoms with E-state index in [1.165, 1.54) is 24.8 Å². The lowest BCUT2D eigenvalue weighted by Gasteiger charge is -2.33. The van der Waals surface area contributed by atoms with E-state index in [9.17, 15) is 34.5 Å². The lowest BCUT2D eigenvalue weighted by Crippen LogP contribution is -2.43. The maximum atomic E-state index is 13.9. The molecule has 15 nitrogen and oxygen atoms in total. The zero-order valence-corrected chi connectivity index (χ0v) is 39.3. The first kappa shape index (κ1) is 49.4. The number of fused-ring (bicyclic) bond motifs is 1. The van der Waals surface area contributed by atoms with E-state index in [2.05, 4.69) is 32.7 Å². The number of nitrogens with zero attached hydrogens (tertiary/aromatic N) is 2. The molecule has 0 saturated carbocycles. The molecule has 2 aliphatic rings. The zero-order valence-electron chi connectivity index (χ0n) is 39.3. The summed E-state index contributed by atoms with van der Waals surface area (Å²) in [4.78, 5) is 59.1. The molecule has 2 aliphatic heterocycles. The summed E-state index contributed by atoms with van der Waals surface area (Å²) in [5.74, 6) is -0.109. The number of H-pyrrole nitrogens is 1. The Morgan fingerprint density at radius 2 is 1.53 bits per heavy atom. The lowest BCUT2D eigenvalue weighted by atomic mass is 9.86. The van der Waals surface area contributed by atoms with Crippen LogP contribution in [0.15, 0.2) is 132 Å². The van der Waals surface area contributed by atoms with Crippen molar-refractivity contribution in [2.24, 2.45) is 11.8 Å². The van der Waals surface area contributed by atoms with E-state index < -0.39 is 17.7 Å². The minimum Gasteiger partial charge on any atom is -0.506 e. The van der Waals surface area contributed by atoms with E-state index in [1.54, 1.807) is 83.8 Å². The average molecular weight is 952 g/mol. The molecule has 8 rings (SSSR count). The number of nitrogens with one attached hydrogen (secondary N) is 3. The highest BCUT2D eigenvalue weighted by molar-refractivity contribution is 5.94. The molecule has 3 heterocycles. The van der Waals surface area contributed by atoms with Gasteiger partial charge in [-0.25, -0.2) is 4.79 Å². The summed E-state index contributed by atoms with van der Waals surface area (Å²) < 4.78 is 17.5. The number of carbonyl (C=O) groups excluding carboxylic acids is 3. The molecule has 70 heavy (non-hydrogen) atoms. The van der Waals surface area contributed by atoms with Gasteiger partial charge in [0.15, 0.2) is 6.61 Å². The number of hydrogen-bond acceptors (Lipinski definition) is 12. The maximum absolute atomic E-state index is 13.9. The number of carbonyl (C=O) groups is 3. The number of piperidine rings is 2. The number of aromatic nitrogens is 1. The van der Waals surface area contributed by atoms with Crippen molar-refractivity contribution in [3.8, 4) is 17.2 Å². The number of esters is 1. The van der Waals surface area contributed by atoms with E-state index in [0.717, 1.165) is 38.0 Å². The number of methoxy groups -OCH3 is 1. The molecule has 5 aromatic carbocycles. The van der Waals surface area contributed by atoms with Crippen molar-refractivity contribution in [1.82, 2.24) is 25.4 Å². The van der Waals surface area contributed by atoms with E-state index in [4.69, 9.17) is 14.2 Å². The summed E-state index contributed by atoms with van der Waals surface area (Å²) in [6.07, 6.45) is 2.22. The summed E-state index contributed by atoms with van der Waals surface area (Å²) in [6, 6.07) is 36.8. The number of aliphatic hydroxyl groups excluding tert-OH is 1. The fourth-order valence-electron chi connectivity index (χ4n) is 9.34. The van der Waals surface area contributed by atoms with Crippen LogP contribution in [0.5, 0.6) is 17.2 Å². The molecular weight excluding hydrogens is 891 g/mol. The van der Waals surface area contributed by atoms with Crippen LogP contribution < -0.4 is 25.7 Å². The third kappa shape index (κ3) is 12.0. The first-order valence-corrected chi connectivity index (χ1v) is 23.9. The van der Waals surface area contributed by atoms with Crippen LogP contribution in [0.4, 0.5) is 0 Å². The number of aromatic hydroxyl groups is 1. The lowest BCUT2D eigenvalue weighted by molar-refractivity contribution is -0.164. The fraction of sp³-hybridized carbons (Fsp3) is 0.345. The molecule has 2 atom stereocenters. The van der Waals surface area contributed by atoms with Crippen molar-refractivity contribution in [3.63, 3.8) is 0 Å². The van der Waals surface area contributed by atoms with Gasteiger partial charge in [0.05, 0.1) is 25.3 Å². The van der Waals surface area contributed by atoms with Gasteiger partial charge in [-0.05, 0) is 104 Å². The summed E-state index contributed by atoms with van der Waals surface area (Å²) in [7, 11) is 1.53. The number of likely N-dealkylation sites (tertiary alicyclic amines) is 2. The average Bonchev–Trinajstić information content (AvgIpc) is 3.40. The Morgan fingerprint density at radius 1 is 0.814 bits per heavy atom. The van der Waals surface area contributed by atoms with Gasteiger partial charge >= 0.3 is 5.97 Å². The Kier molecular flexibility index (Phi) is 16.3. The Balaban J connectivity index is 0.780. The van der Waals surface area contributed by atoms with Crippen molar-refractivity contribution in [3.05, 3.63) is 171 Å². The highest BCUT2D eigenvalue weighted by Gasteiger charge is 2.42. The fourth-order valence-corrected chi connectivity index (χ4v) is 9.34. The molecule has 0 aliphatic carbocycles. The van der Waals surface area contributed by atoms with Crippen LogP contribution in [0.25, 0.3) is 10.9 Å². The second kappa shape index (κ2) is 23.0. The third-order valence-electron chi connectivity index (χ3n) is 13.5. The molecular formula is C55H61N5O10. The molecule has 6 N–H and O–H groups in total. The molecule has 1 aromatic heterocycles. The number of ether oxygens (including phenoxy) is 3. The Bertz CT molecular complexity index is 2790. The Hall–Kier alpha value is -7.04. The van der Waals surface area contributed by atoms with Crippen LogP contribution in [0, 0.1) is 11.8 Å².